The molecule has 4 aromatic heterocycles. The Balaban J connectivity index is 1.72. The smallest absolute Gasteiger partial charge is 0.267 e. The van der Waals surface area contributed by atoms with E-state index in [9.17, 15) is 4.79 Å². The Hall–Kier alpha value is -4.20. The van der Waals surface area contributed by atoms with Crippen LogP contribution in [0.3, 0.4) is 0 Å². The summed E-state index contributed by atoms with van der Waals surface area (Å²) >= 11 is 0. The van der Waals surface area contributed by atoms with Crippen molar-refractivity contribution in [2.24, 2.45) is 0 Å². The van der Waals surface area contributed by atoms with E-state index >= 15 is 0 Å². The lowest BCUT2D eigenvalue weighted by molar-refractivity contribution is 0.871. The van der Waals surface area contributed by atoms with Crippen LogP contribution in [0.25, 0.3) is 22.5 Å². The van der Waals surface area contributed by atoms with Gasteiger partial charge in [0, 0.05) is 25.0 Å². The molecule has 0 saturated carbocycles. The van der Waals surface area contributed by atoms with Crippen LogP contribution < -0.4 is 5.56 Å². The fourth-order valence-electron chi connectivity index (χ4n) is 3.23. The average Bonchev–Trinajstić information content (AvgIpc) is 3.30. The van der Waals surface area contributed by atoms with Crippen molar-refractivity contribution in [3.8, 4) is 11.4 Å². The van der Waals surface area contributed by atoms with Gasteiger partial charge < -0.3 is 0 Å². The van der Waals surface area contributed by atoms with Gasteiger partial charge >= 0.3 is 0 Å². The molecule has 5 rings (SSSR count). The summed E-state index contributed by atoms with van der Waals surface area (Å²) in [6.45, 7) is 0. The molecule has 5 aromatic rings. The van der Waals surface area contributed by atoms with Gasteiger partial charge in [-0.05, 0) is 42.0 Å². The van der Waals surface area contributed by atoms with Crippen molar-refractivity contribution >= 4 is 11.2 Å². The molecule has 0 amide bonds. The quantitative estimate of drug-likeness (QED) is 0.475. The SMILES string of the molecule is O=c1c(Cc2cccnc2)nc2cccnc2n1-c1cccc(-n2cncn2)c1. The van der Waals surface area contributed by atoms with E-state index in [2.05, 4.69) is 25.0 Å². The van der Waals surface area contributed by atoms with Crippen LogP contribution in [0.1, 0.15) is 11.3 Å². The van der Waals surface area contributed by atoms with Gasteiger partial charge in [0.25, 0.3) is 5.56 Å². The summed E-state index contributed by atoms with van der Waals surface area (Å²) in [5, 5.41) is 4.16. The molecule has 140 valence electrons. The molecule has 0 fully saturated rings. The van der Waals surface area contributed by atoms with Gasteiger partial charge in [-0.2, -0.15) is 5.10 Å². The highest BCUT2D eigenvalue weighted by atomic mass is 16.1. The van der Waals surface area contributed by atoms with Gasteiger partial charge in [0.2, 0.25) is 0 Å². The predicted octanol–water partition coefficient (Wildman–Crippen LogP) is 2.35. The van der Waals surface area contributed by atoms with E-state index < -0.39 is 0 Å². The maximum Gasteiger partial charge on any atom is 0.278 e. The Morgan fingerprint density at radius 1 is 0.931 bits per heavy atom. The molecule has 8 heteroatoms. The summed E-state index contributed by atoms with van der Waals surface area (Å²) in [7, 11) is 0. The molecule has 0 radical (unpaired) electrons. The van der Waals surface area contributed by atoms with Gasteiger partial charge in [0.15, 0.2) is 5.65 Å². The molecule has 0 spiro atoms. The minimum Gasteiger partial charge on any atom is -0.267 e. The zero-order valence-corrected chi connectivity index (χ0v) is 15.3. The molecule has 0 bridgehead atoms. The number of hydrogen-bond acceptors (Lipinski definition) is 6. The summed E-state index contributed by atoms with van der Waals surface area (Å²) in [6, 6.07) is 14.9. The number of hydrogen-bond donors (Lipinski definition) is 0. The van der Waals surface area contributed by atoms with E-state index in [1.807, 2.05) is 48.5 Å². The van der Waals surface area contributed by atoms with Gasteiger partial charge in [-0.1, -0.05) is 12.1 Å². The molecule has 0 aliphatic rings. The van der Waals surface area contributed by atoms with Crippen LogP contribution in [0, 0.1) is 0 Å². The fourth-order valence-corrected chi connectivity index (χ4v) is 3.23. The van der Waals surface area contributed by atoms with Gasteiger partial charge in [-0.25, -0.2) is 19.6 Å². The Morgan fingerprint density at radius 2 is 1.83 bits per heavy atom. The first-order valence-corrected chi connectivity index (χ1v) is 9.00. The maximum absolute atomic E-state index is 13.4. The van der Waals surface area contributed by atoms with Crippen molar-refractivity contribution in [2.75, 3.05) is 0 Å². The zero-order valence-electron chi connectivity index (χ0n) is 15.3. The molecule has 0 saturated heterocycles. The van der Waals surface area contributed by atoms with Gasteiger partial charge in [0.1, 0.15) is 23.9 Å². The standard InChI is InChI=1S/C21H15N7O/c29-21-19(10-15-4-2-8-22-12-15)26-18-7-3-9-24-20(18)28(21)17-6-1-5-16(11-17)27-14-23-13-25-27/h1-9,11-14H,10H2. The second-order valence-corrected chi connectivity index (χ2v) is 6.44. The van der Waals surface area contributed by atoms with Crippen LogP contribution >= 0.6 is 0 Å². The van der Waals surface area contributed by atoms with Crippen molar-refractivity contribution < 1.29 is 0 Å². The van der Waals surface area contributed by atoms with Crippen molar-refractivity contribution in [3.05, 3.63) is 101 Å². The summed E-state index contributed by atoms with van der Waals surface area (Å²) in [5.74, 6) is 0. The van der Waals surface area contributed by atoms with Crippen molar-refractivity contribution in [1.29, 1.82) is 0 Å². The number of rotatable bonds is 4. The molecule has 8 nitrogen and oxygen atoms in total. The van der Waals surface area contributed by atoms with Gasteiger partial charge in [-0.15, -0.1) is 0 Å². The van der Waals surface area contributed by atoms with Crippen LogP contribution in [-0.4, -0.2) is 34.3 Å². The first kappa shape index (κ1) is 16.9. The highest BCUT2D eigenvalue weighted by molar-refractivity contribution is 5.72. The number of nitrogens with zero attached hydrogens (tertiary/aromatic N) is 7. The number of fused-ring (bicyclic) bond motifs is 1. The van der Waals surface area contributed by atoms with Crippen molar-refractivity contribution in [1.82, 2.24) is 34.3 Å². The maximum atomic E-state index is 13.4. The second kappa shape index (κ2) is 7.08. The molecular formula is C21H15N7O. The third-order valence-electron chi connectivity index (χ3n) is 4.55. The normalized spacial score (nSPS) is 11.0. The van der Waals surface area contributed by atoms with Crippen LogP contribution in [0.15, 0.2) is 84.6 Å². The van der Waals surface area contributed by atoms with Crippen molar-refractivity contribution in [2.45, 2.75) is 6.42 Å². The lowest BCUT2D eigenvalue weighted by atomic mass is 10.1. The molecule has 0 atom stereocenters. The Morgan fingerprint density at radius 3 is 2.66 bits per heavy atom. The van der Waals surface area contributed by atoms with Gasteiger partial charge in [-0.3, -0.25) is 14.3 Å². The molecule has 0 N–H and O–H groups in total. The summed E-state index contributed by atoms with van der Waals surface area (Å²) in [5.41, 5.74) is 3.77. The molecular weight excluding hydrogens is 366 g/mol. The lowest BCUT2D eigenvalue weighted by Gasteiger charge is -2.12. The first-order chi connectivity index (χ1) is 14.3. The largest absolute Gasteiger partial charge is 0.278 e. The van der Waals surface area contributed by atoms with Gasteiger partial charge in [0.05, 0.1) is 11.4 Å². The van der Waals surface area contributed by atoms with E-state index in [0.717, 1.165) is 11.3 Å². The van der Waals surface area contributed by atoms with Crippen LogP contribution in [-0.2, 0) is 6.42 Å². The van der Waals surface area contributed by atoms with E-state index in [0.29, 0.717) is 29.0 Å². The van der Waals surface area contributed by atoms with Crippen molar-refractivity contribution in [3.63, 3.8) is 0 Å². The topological polar surface area (TPSA) is 91.4 Å². The third kappa shape index (κ3) is 3.16. The zero-order chi connectivity index (χ0) is 19.6. The summed E-state index contributed by atoms with van der Waals surface area (Å²) in [4.78, 5) is 30.5. The molecule has 0 unspecified atom stereocenters. The minimum absolute atomic E-state index is 0.212. The molecule has 4 heterocycles. The Kier molecular flexibility index (Phi) is 4.14. The summed E-state index contributed by atoms with van der Waals surface area (Å²) in [6.07, 6.45) is 8.56. The highest BCUT2D eigenvalue weighted by Gasteiger charge is 2.14. The summed E-state index contributed by atoms with van der Waals surface area (Å²) < 4.78 is 3.23. The average molecular weight is 381 g/mol. The number of pyridine rings is 2. The highest BCUT2D eigenvalue weighted by Crippen LogP contribution is 2.17. The Labute approximate surface area is 165 Å². The molecule has 29 heavy (non-hydrogen) atoms. The molecule has 0 aliphatic heterocycles. The fraction of sp³-hybridized carbons (Fsp3) is 0.0476. The van der Waals surface area contributed by atoms with Crippen LogP contribution in [0.5, 0.6) is 0 Å². The minimum atomic E-state index is -0.212. The second-order valence-electron chi connectivity index (χ2n) is 6.44. The van der Waals surface area contributed by atoms with E-state index in [-0.39, 0.29) is 5.56 Å². The third-order valence-corrected chi connectivity index (χ3v) is 4.55. The number of aromatic nitrogens is 7. The van der Waals surface area contributed by atoms with Crippen LogP contribution in [0.2, 0.25) is 0 Å². The molecule has 0 aliphatic carbocycles. The number of benzene rings is 1. The monoisotopic (exact) mass is 381 g/mol. The Bertz CT molecular complexity index is 1340. The van der Waals surface area contributed by atoms with Crippen LogP contribution in [0.4, 0.5) is 0 Å². The predicted molar refractivity (Wildman–Crippen MR) is 107 cm³/mol. The van der Waals surface area contributed by atoms with E-state index in [4.69, 9.17) is 0 Å². The molecule has 1 aromatic carbocycles. The van der Waals surface area contributed by atoms with E-state index in [1.165, 1.54) is 6.33 Å². The first-order valence-electron chi connectivity index (χ1n) is 9.00. The lowest BCUT2D eigenvalue weighted by Crippen LogP contribution is -2.25. The van der Waals surface area contributed by atoms with E-state index in [1.54, 1.807) is 34.2 Å².